The van der Waals surface area contributed by atoms with Gasteiger partial charge in [0.2, 0.25) is 5.91 Å². The second-order valence-electron chi connectivity index (χ2n) is 6.23. The van der Waals surface area contributed by atoms with Gasteiger partial charge >= 0.3 is 0 Å². The van der Waals surface area contributed by atoms with Gasteiger partial charge in [-0.25, -0.2) is 9.97 Å². The Morgan fingerprint density at radius 2 is 1.91 bits per heavy atom. The van der Waals surface area contributed by atoms with Crippen molar-refractivity contribution in [3.05, 3.63) is 17.1 Å². The predicted octanol–water partition coefficient (Wildman–Crippen LogP) is 1.35. The minimum Gasteiger partial charge on any atom is -0.379 e. The van der Waals surface area contributed by atoms with Crippen molar-refractivity contribution in [2.24, 2.45) is 0 Å². The van der Waals surface area contributed by atoms with Crippen LogP contribution in [0.25, 0.3) is 0 Å². The number of carbonyl (C=O) groups excluding carboxylic acids is 1. The Morgan fingerprint density at radius 3 is 2.65 bits per heavy atom. The zero-order valence-electron chi connectivity index (χ0n) is 14.2. The third-order valence-corrected chi connectivity index (χ3v) is 4.66. The molecule has 2 aliphatic rings. The first kappa shape index (κ1) is 16.3. The van der Waals surface area contributed by atoms with Crippen molar-refractivity contribution >= 4 is 11.7 Å². The highest BCUT2D eigenvalue weighted by molar-refractivity contribution is 5.95. The van der Waals surface area contributed by atoms with Gasteiger partial charge in [0.1, 0.15) is 11.6 Å². The number of carbonyl (C=O) groups is 1. The summed E-state index contributed by atoms with van der Waals surface area (Å²) < 4.78 is 5.38. The molecular weight excluding hydrogens is 292 g/mol. The van der Waals surface area contributed by atoms with Crippen LogP contribution in [0, 0.1) is 6.92 Å². The molecule has 0 spiro atoms. The van der Waals surface area contributed by atoms with Gasteiger partial charge in [-0.3, -0.25) is 14.6 Å². The first-order valence-corrected chi connectivity index (χ1v) is 8.66. The molecule has 1 aromatic heterocycles. The highest BCUT2D eigenvalue weighted by atomic mass is 16.5. The van der Waals surface area contributed by atoms with E-state index in [1.165, 1.54) is 0 Å². The average molecular weight is 318 g/mol. The molecule has 1 amide bonds. The van der Waals surface area contributed by atoms with E-state index < -0.39 is 0 Å². The topological polar surface area (TPSA) is 58.6 Å². The van der Waals surface area contributed by atoms with E-state index in [9.17, 15) is 4.79 Å². The summed E-state index contributed by atoms with van der Waals surface area (Å²) in [4.78, 5) is 25.9. The normalized spacial score (nSPS) is 19.0. The molecule has 126 valence electrons. The van der Waals surface area contributed by atoms with Gasteiger partial charge in [-0.05, 0) is 19.8 Å². The zero-order chi connectivity index (χ0) is 16.2. The lowest BCUT2D eigenvalue weighted by atomic mass is 10.0. The summed E-state index contributed by atoms with van der Waals surface area (Å²) in [5.74, 6) is 1.88. The van der Waals surface area contributed by atoms with Gasteiger partial charge < -0.3 is 4.74 Å². The molecule has 6 heteroatoms. The maximum absolute atomic E-state index is 12.4. The molecule has 3 rings (SSSR count). The van der Waals surface area contributed by atoms with Crippen LogP contribution in [0.5, 0.6) is 0 Å². The number of amides is 1. The van der Waals surface area contributed by atoms with E-state index in [2.05, 4.69) is 21.8 Å². The Balaban J connectivity index is 1.69. The van der Waals surface area contributed by atoms with Crippen LogP contribution in [0.1, 0.15) is 36.8 Å². The smallest absolute Gasteiger partial charge is 0.228 e. The van der Waals surface area contributed by atoms with E-state index in [1.807, 2.05) is 11.8 Å². The monoisotopic (exact) mass is 318 g/mol. The summed E-state index contributed by atoms with van der Waals surface area (Å²) in [7, 11) is 0. The molecular formula is C17H26N4O2. The van der Waals surface area contributed by atoms with E-state index in [0.717, 1.165) is 81.6 Å². The number of ether oxygens (including phenoxy) is 1. The SMILES string of the molecule is CCc1nc(C)c2c(n1)N(CCCN1CCOCC1)C(=O)CC2. The van der Waals surface area contributed by atoms with Crippen molar-refractivity contribution in [1.82, 2.24) is 14.9 Å². The fraction of sp³-hybridized carbons (Fsp3) is 0.706. The third-order valence-electron chi connectivity index (χ3n) is 4.66. The molecule has 1 aromatic rings. The lowest BCUT2D eigenvalue weighted by Crippen LogP contribution is -2.41. The fourth-order valence-electron chi connectivity index (χ4n) is 3.30. The number of morpholine rings is 1. The number of anilines is 1. The van der Waals surface area contributed by atoms with E-state index in [4.69, 9.17) is 4.74 Å². The summed E-state index contributed by atoms with van der Waals surface area (Å²) in [5.41, 5.74) is 2.17. The molecule has 0 radical (unpaired) electrons. The Hall–Kier alpha value is -1.53. The standard InChI is InChI=1S/C17H26N4O2/c1-3-15-18-13(2)14-5-6-16(22)21(17(14)19-15)8-4-7-20-9-11-23-12-10-20/h3-12H2,1-2H3. The first-order valence-electron chi connectivity index (χ1n) is 8.66. The Morgan fingerprint density at radius 1 is 1.13 bits per heavy atom. The van der Waals surface area contributed by atoms with Gasteiger partial charge in [-0.1, -0.05) is 6.92 Å². The zero-order valence-corrected chi connectivity index (χ0v) is 14.2. The predicted molar refractivity (Wildman–Crippen MR) is 88.7 cm³/mol. The van der Waals surface area contributed by atoms with Crippen LogP contribution < -0.4 is 4.90 Å². The summed E-state index contributed by atoms with van der Waals surface area (Å²) >= 11 is 0. The van der Waals surface area contributed by atoms with E-state index in [0.29, 0.717) is 6.42 Å². The molecule has 0 atom stereocenters. The second kappa shape index (κ2) is 7.36. The number of rotatable bonds is 5. The van der Waals surface area contributed by atoms with Crippen LogP contribution >= 0.6 is 0 Å². The number of hydrogen-bond acceptors (Lipinski definition) is 5. The van der Waals surface area contributed by atoms with Gasteiger partial charge in [0, 0.05) is 50.3 Å². The van der Waals surface area contributed by atoms with Gasteiger partial charge in [0.05, 0.1) is 13.2 Å². The van der Waals surface area contributed by atoms with Crippen LogP contribution in [0.3, 0.4) is 0 Å². The van der Waals surface area contributed by atoms with Crippen LogP contribution in [-0.2, 0) is 22.4 Å². The molecule has 6 nitrogen and oxygen atoms in total. The highest BCUT2D eigenvalue weighted by Crippen LogP contribution is 2.28. The van der Waals surface area contributed by atoms with Crippen molar-refractivity contribution in [3.63, 3.8) is 0 Å². The number of aromatic nitrogens is 2. The largest absolute Gasteiger partial charge is 0.379 e. The lowest BCUT2D eigenvalue weighted by molar-refractivity contribution is -0.119. The fourth-order valence-corrected chi connectivity index (χ4v) is 3.30. The van der Waals surface area contributed by atoms with Gasteiger partial charge in [0.25, 0.3) is 0 Å². The molecule has 0 saturated carbocycles. The third kappa shape index (κ3) is 3.70. The number of fused-ring (bicyclic) bond motifs is 1. The minimum atomic E-state index is 0.194. The van der Waals surface area contributed by atoms with Crippen LogP contribution in [0.4, 0.5) is 5.82 Å². The number of aryl methyl sites for hydroxylation is 2. The van der Waals surface area contributed by atoms with Crippen LogP contribution in [0.15, 0.2) is 0 Å². The van der Waals surface area contributed by atoms with E-state index in [-0.39, 0.29) is 5.91 Å². The van der Waals surface area contributed by atoms with Gasteiger partial charge in [-0.15, -0.1) is 0 Å². The quantitative estimate of drug-likeness (QED) is 0.820. The molecule has 0 N–H and O–H groups in total. The number of hydrogen-bond donors (Lipinski definition) is 0. The Labute approximate surface area is 137 Å². The summed E-state index contributed by atoms with van der Waals surface area (Å²) in [5, 5.41) is 0. The van der Waals surface area contributed by atoms with E-state index >= 15 is 0 Å². The molecule has 0 bridgehead atoms. The van der Waals surface area contributed by atoms with Crippen molar-refractivity contribution in [2.45, 2.75) is 39.5 Å². The summed E-state index contributed by atoms with van der Waals surface area (Å²) in [6.45, 7) is 9.44. The molecule has 0 unspecified atom stereocenters. The molecule has 0 aliphatic carbocycles. The molecule has 0 aromatic carbocycles. The maximum atomic E-state index is 12.4. The Bertz CT molecular complexity index is 570. The summed E-state index contributed by atoms with van der Waals surface area (Å²) in [6, 6.07) is 0. The van der Waals surface area contributed by atoms with Crippen LogP contribution in [-0.4, -0.2) is 60.2 Å². The number of nitrogens with zero attached hydrogens (tertiary/aromatic N) is 4. The van der Waals surface area contributed by atoms with Gasteiger partial charge in [0.15, 0.2) is 0 Å². The maximum Gasteiger partial charge on any atom is 0.228 e. The first-order chi connectivity index (χ1) is 11.2. The second-order valence-corrected chi connectivity index (χ2v) is 6.23. The lowest BCUT2D eigenvalue weighted by Gasteiger charge is -2.31. The molecule has 3 heterocycles. The van der Waals surface area contributed by atoms with Gasteiger partial charge in [-0.2, -0.15) is 0 Å². The summed E-state index contributed by atoms with van der Waals surface area (Å²) in [6.07, 6.45) is 3.10. The van der Waals surface area contributed by atoms with Crippen molar-refractivity contribution in [3.8, 4) is 0 Å². The minimum absolute atomic E-state index is 0.194. The van der Waals surface area contributed by atoms with Crippen molar-refractivity contribution < 1.29 is 9.53 Å². The average Bonchev–Trinajstić information content (AvgIpc) is 2.57. The Kier molecular flexibility index (Phi) is 5.23. The van der Waals surface area contributed by atoms with E-state index in [1.54, 1.807) is 0 Å². The van der Waals surface area contributed by atoms with Crippen molar-refractivity contribution in [2.75, 3.05) is 44.3 Å². The molecule has 1 saturated heterocycles. The molecule has 1 fully saturated rings. The highest BCUT2D eigenvalue weighted by Gasteiger charge is 2.27. The molecule has 2 aliphatic heterocycles. The molecule has 23 heavy (non-hydrogen) atoms. The van der Waals surface area contributed by atoms with Crippen LogP contribution in [0.2, 0.25) is 0 Å². The van der Waals surface area contributed by atoms with Crippen molar-refractivity contribution in [1.29, 1.82) is 0 Å².